The minimum absolute atomic E-state index is 0.0221. The monoisotopic (exact) mass is 525 g/mol. The van der Waals surface area contributed by atoms with E-state index in [1.54, 1.807) is 19.1 Å². The molecule has 1 spiro atoms. The number of rotatable bonds is 6. The predicted molar refractivity (Wildman–Crippen MR) is 129 cm³/mol. The lowest BCUT2D eigenvalue weighted by molar-refractivity contribution is -0.129. The number of nitrogens with zero attached hydrogens (tertiary/aromatic N) is 3. The Balaban J connectivity index is 1.52. The highest BCUT2D eigenvalue weighted by atomic mass is 35.5. The highest BCUT2D eigenvalue weighted by molar-refractivity contribution is 6.36. The van der Waals surface area contributed by atoms with E-state index in [4.69, 9.17) is 25.8 Å². The van der Waals surface area contributed by atoms with E-state index in [9.17, 15) is 19.5 Å². The van der Waals surface area contributed by atoms with Gasteiger partial charge in [0.2, 0.25) is 23.0 Å². The molecule has 5 rings (SSSR count). The molecule has 2 atom stereocenters. The molecule has 0 radical (unpaired) electrons. The number of nitrogens with one attached hydrogen (secondary N) is 2. The number of halogens is 1. The van der Waals surface area contributed by atoms with Gasteiger partial charge in [-0.3, -0.25) is 9.59 Å². The van der Waals surface area contributed by atoms with Gasteiger partial charge in [0.05, 0.1) is 25.5 Å². The number of methoxy groups -OCH3 is 2. The number of aromatic carboxylic acids is 1. The van der Waals surface area contributed by atoms with Crippen LogP contribution in [0.4, 0.5) is 5.69 Å². The van der Waals surface area contributed by atoms with Gasteiger partial charge < -0.3 is 24.6 Å². The van der Waals surface area contributed by atoms with E-state index >= 15 is 0 Å². The summed E-state index contributed by atoms with van der Waals surface area (Å²) < 4.78 is 16.6. The lowest BCUT2D eigenvalue weighted by atomic mass is 9.74. The number of hydrogen-bond donors (Lipinski definition) is 3. The summed E-state index contributed by atoms with van der Waals surface area (Å²) in [4.78, 5) is 39.0. The first-order chi connectivity index (χ1) is 17.7. The number of H-pyrrole nitrogens is 1. The second-order valence-corrected chi connectivity index (χ2v) is 8.91. The van der Waals surface area contributed by atoms with Crippen LogP contribution in [0.1, 0.15) is 34.1 Å². The zero-order valence-electron chi connectivity index (χ0n) is 19.8. The third kappa shape index (κ3) is 3.68. The number of carbonyl (C=O) groups is 3. The molecule has 0 fully saturated rings. The first-order valence-electron chi connectivity index (χ1n) is 11.0. The minimum Gasteiger partial charge on any atom is -0.496 e. The predicted octanol–water partition coefficient (Wildman–Crippen LogP) is 3.15. The molecule has 1 aromatic heterocycles. The van der Waals surface area contributed by atoms with Crippen LogP contribution in [-0.2, 0) is 4.79 Å². The number of tetrazole rings is 1. The summed E-state index contributed by atoms with van der Waals surface area (Å²) in [5, 5.41) is 26.4. The number of Topliss-reactive ketones (excluding diaryl/α,β-unsaturated/α-hetero) is 1. The van der Waals surface area contributed by atoms with Crippen LogP contribution >= 0.6 is 11.6 Å². The molecule has 12 nitrogen and oxygen atoms in total. The molecule has 1 aliphatic carbocycles. The van der Waals surface area contributed by atoms with Crippen LogP contribution < -0.4 is 19.5 Å². The maximum Gasteiger partial charge on any atom is 0.337 e. The fraction of sp³-hybridized carbons (Fsp3) is 0.250. The summed E-state index contributed by atoms with van der Waals surface area (Å²) in [5.41, 5.74) is -0.683. The van der Waals surface area contributed by atoms with Crippen molar-refractivity contribution in [3.63, 3.8) is 0 Å². The van der Waals surface area contributed by atoms with E-state index in [1.165, 1.54) is 32.4 Å². The fourth-order valence-corrected chi connectivity index (χ4v) is 4.91. The Kier molecular flexibility index (Phi) is 5.83. The van der Waals surface area contributed by atoms with Crippen LogP contribution in [0, 0.1) is 5.92 Å². The SMILES string of the molecule is COc1cc(OC)c2c(c1Cl)OC1(C(=O)C=C(Nc3cc(-c4nn[nH]n4)ccc3C(=O)O)CC1C)C2=O. The van der Waals surface area contributed by atoms with E-state index in [1.807, 2.05) is 0 Å². The number of hydrogen-bond acceptors (Lipinski definition) is 10. The Morgan fingerprint density at radius 3 is 2.62 bits per heavy atom. The van der Waals surface area contributed by atoms with Gasteiger partial charge in [0, 0.05) is 29.3 Å². The molecule has 13 heteroatoms. The van der Waals surface area contributed by atoms with E-state index < -0.39 is 29.1 Å². The van der Waals surface area contributed by atoms with Crippen LogP contribution in [0.3, 0.4) is 0 Å². The maximum absolute atomic E-state index is 13.6. The van der Waals surface area contributed by atoms with Gasteiger partial charge in [0.25, 0.3) is 0 Å². The van der Waals surface area contributed by atoms with Gasteiger partial charge in [-0.1, -0.05) is 24.6 Å². The molecule has 37 heavy (non-hydrogen) atoms. The summed E-state index contributed by atoms with van der Waals surface area (Å²) in [6.45, 7) is 1.70. The van der Waals surface area contributed by atoms with Gasteiger partial charge in [0.1, 0.15) is 22.1 Å². The number of aromatic nitrogens is 4. The molecule has 2 aromatic carbocycles. The zero-order chi connectivity index (χ0) is 26.5. The number of allylic oxidation sites excluding steroid dienone is 1. The van der Waals surface area contributed by atoms with Crippen molar-refractivity contribution in [2.24, 2.45) is 5.92 Å². The van der Waals surface area contributed by atoms with Gasteiger partial charge >= 0.3 is 5.97 Å². The summed E-state index contributed by atoms with van der Waals surface area (Å²) >= 11 is 6.42. The molecular formula is C24H20ClN5O7. The van der Waals surface area contributed by atoms with Crippen LogP contribution in [-0.4, -0.2) is 63.1 Å². The summed E-state index contributed by atoms with van der Waals surface area (Å²) in [5.74, 6) is -2.30. The molecule has 2 unspecified atom stereocenters. The van der Waals surface area contributed by atoms with Gasteiger partial charge in [-0.2, -0.15) is 5.21 Å². The normalized spacial score (nSPS) is 20.3. The molecule has 3 N–H and O–H groups in total. The van der Waals surface area contributed by atoms with E-state index in [0.717, 1.165) is 0 Å². The number of benzene rings is 2. The van der Waals surface area contributed by atoms with E-state index in [-0.39, 0.29) is 51.3 Å². The Morgan fingerprint density at radius 2 is 2.00 bits per heavy atom. The molecule has 1 aliphatic heterocycles. The Labute approximate surface area is 214 Å². The first-order valence-corrected chi connectivity index (χ1v) is 11.4. The van der Waals surface area contributed by atoms with E-state index in [2.05, 4.69) is 25.9 Å². The number of carbonyl (C=O) groups excluding carboxylic acids is 2. The summed E-state index contributed by atoms with van der Waals surface area (Å²) in [6, 6.07) is 5.95. The van der Waals surface area contributed by atoms with Crippen LogP contribution in [0.5, 0.6) is 17.2 Å². The number of fused-ring (bicyclic) bond motifs is 1. The number of ketones is 2. The van der Waals surface area contributed by atoms with E-state index in [0.29, 0.717) is 11.3 Å². The zero-order valence-corrected chi connectivity index (χ0v) is 20.5. The molecule has 0 saturated heterocycles. The van der Waals surface area contributed by atoms with Crippen molar-refractivity contribution in [1.82, 2.24) is 20.6 Å². The number of carboxylic acids is 1. The van der Waals surface area contributed by atoms with Gasteiger partial charge in [0.15, 0.2) is 5.75 Å². The second kappa shape index (κ2) is 8.89. The topological polar surface area (TPSA) is 166 Å². The van der Waals surface area contributed by atoms with Crippen LogP contribution in [0.2, 0.25) is 5.02 Å². The second-order valence-electron chi connectivity index (χ2n) is 8.53. The van der Waals surface area contributed by atoms with Gasteiger partial charge in [-0.15, -0.1) is 10.2 Å². The van der Waals surface area contributed by atoms with Crippen molar-refractivity contribution in [2.75, 3.05) is 19.5 Å². The van der Waals surface area contributed by atoms with Crippen molar-refractivity contribution in [2.45, 2.75) is 18.9 Å². The molecule has 2 heterocycles. The number of aromatic amines is 1. The minimum atomic E-state index is -1.85. The lowest BCUT2D eigenvalue weighted by Gasteiger charge is -2.35. The molecule has 3 aromatic rings. The van der Waals surface area contributed by atoms with Crippen molar-refractivity contribution >= 4 is 34.8 Å². The third-order valence-corrected chi connectivity index (χ3v) is 6.82. The van der Waals surface area contributed by atoms with Crippen molar-refractivity contribution < 1.29 is 33.7 Å². The molecule has 2 aliphatic rings. The quantitative estimate of drug-likeness (QED) is 0.404. The maximum atomic E-state index is 13.6. The fourth-order valence-electron chi connectivity index (χ4n) is 4.65. The lowest BCUT2D eigenvalue weighted by Crippen LogP contribution is -2.55. The highest BCUT2D eigenvalue weighted by Crippen LogP contribution is 2.53. The summed E-state index contributed by atoms with van der Waals surface area (Å²) in [6.07, 6.45) is 1.43. The van der Waals surface area contributed by atoms with Gasteiger partial charge in [-0.05, 0) is 23.8 Å². The van der Waals surface area contributed by atoms with Crippen molar-refractivity contribution in [1.29, 1.82) is 0 Å². The Bertz CT molecular complexity index is 1490. The molecular weight excluding hydrogens is 506 g/mol. The largest absolute Gasteiger partial charge is 0.496 e. The summed E-state index contributed by atoms with van der Waals surface area (Å²) in [7, 11) is 2.80. The smallest absolute Gasteiger partial charge is 0.337 e. The molecule has 0 amide bonds. The first kappa shape index (κ1) is 24.3. The number of carboxylic acid groups (broad SMARTS) is 1. The Hall–Kier alpha value is -4.45. The number of anilines is 1. The molecule has 0 bridgehead atoms. The van der Waals surface area contributed by atoms with Crippen LogP contribution in [0.25, 0.3) is 11.4 Å². The average Bonchev–Trinajstić information content (AvgIpc) is 3.51. The molecule has 190 valence electrons. The Morgan fingerprint density at radius 1 is 1.24 bits per heavy atom. The van der Waals surface area contributed by atoms with Crippen LogP contribution in [0.15, 0.2) is 36.0 Å². The van der Waals surface area contributed by atoms with Gasteiger partial charge in [-0.25, -0.2) is 4.79 Å². The average molecular weight is 526 g/mol. The number of ether oxygens (including phenoxy) is 3. The third-order valence-electron chi connectivity index (χ3n) is 6.46. The standard InChI is InChI=1S/C24H20ClN5O7/c1-10-6-12(26-14-7-11(22-27-29-30-28-22)4-5-13(14)23(33)34)8-17(31)24(10)21(32)18-15(35-2)9-16(36-3)19(25)20(18)37-24/h4-5,7-10,26H,6H2,1-3H3,(H,33,34)(H,27,28,29,30). The molecule has 0 saturated carbocycles. The highest BCUT2D eigenvalue weighted by Gasteiger charge is 2.60. The van der Waals surface area contributed by atoms with Crippen molar-refractivity contribution in [3.8, 4) is 28.6 Å². The van der Waals surface area contributed by atoms with Crippen molar-refractivity contribution in [3.05, 3.63) is 52.2 Å².